The lowest BCUT2D eigenvalue weighted by atomic mass is 10.0. The zero-order valence-electron chi connectivity index (χ0n) is 19.7. The minimum absolute atomic E-state index is 0.212. The summed E-state index contributed by atoms with van der Waals surface area (Å²) in [6.45, 7) is 4.06. The number of amidine groups is 1. The number of methoxy groups -OCH3 is 2. The van der Waals surface area contributed by atoms with E-state index in [2.05, 4.69) is 11.9 Å². The van der Waals surface area contributed by atoms with E-state index in [4.69, 9.17) is 14.9 Å². The molecule has 1 aliphatic carbocycles. The summed E-state index contributed by atoms with van der Waals surface area (Å²) in [7, 11) is 3.10. The number of benzene rings is 3. The van der Waals surface area contributed by atoms with Crippen molar-refractivity contribution < 1.29 is 19.1 Å². The summed E-state index contributed by atoms with van der Waals surface area (Å²) in [5.74, 6) is -0.0625. The molecule has 0 spiro atoms. The van der Waals surface area contributed by atoms with Crippen LogP contribution in [0.15, 0.2) is 96.3 Å². The van der Waals surface area contributed by atoms with E-state index >= 15 is 0 Å². The molecule has 4 rings (SSSR count). The second-order valence-electron chi connectivity index (χ2n) is 7.75. The predicted octanol–water partition coefficient (Wildman–Crippen LogP) is 4.97. The number of allylic oxidation sites excluding steroid dienone is 1. The molecule has 0 atom stereocenters. The molecule has 36 heavy (non-hydrogen) atoms. The van der Waals surface area contributed by atoms with Crippen LogP contribution in [0, 0.1) is 16.7 Å². The first-order chi connectivity index (χ1) is 17.4. The third-order valence-electron chi connectivity index (χ3n) is 5.67. The zero-order valence-corrected chi connectivity index (χ0v) is 19.7. The van der Waals surface area contributed by atoms with Crippen molar-refractivity contribution in [1.29, 1.82) is 10.7 Å². The third kappa shape index (κ3) is 4.33. The van der Waals surface area contributed by atoms with Gasteiger partial charge in [-0.05, 0) is 48.5 Å². The topological polar surface area (TPSA) is 116 Å². The highest BCUT2D eigenvalue weighted by molar-refractivity contribution is 6.42. The van der Waals surface area contributed by atoms with Crippen LogP contribution in [0.3, 0.4) is 0 Å². The number of nitriles is 1. The number of Topliss-reactive ketones (excluding diaryl/α,β-unsaturated/α-hetero) is 2. The highest BCUT2D eigenvalue weighted by Gasteiger charge is 2.37. The van der Waals surface area contributed by atoms with E-state index in [1.54, 1.807) is 67.8 Å². The SMILES string of the molecule is C=C(Nc1ccc(OC)cc1)N(C(=N)C(C#N)=C1C(=O)c2ccccc2C1=O)c1ccc(OC)cc1. The number of fused-ring (bicyclic) bond motifs is 1. The summed E-state index contributed by atoms with van der Waals surface area (Å²) in [6, 6.07) is 22.1. The van der Waals surface area contributed by atoms with E-state index in [1.165, 1.54) is 24.1 Å². The van der Waals surface area contributed by atoms with Gasteiger partial charge >= 0.3 is 0 Å². The summed E-state index contributed by atoms with van der Waals surface area (Å²) in [6.07, 6.45) is 0. The van der Waals surface area contributed by atoms with Crippen LogP contribution >= 0.6 is 0 Å². The van der Waals surface area contributed by atoms with Crippen molar-refractivity contribution in [3.05, 3.63) is 107 Å². The molecule has 0 saturated heterocycles. The number of rotatable bonds is 7. The molecule has 0 unspecified atom stereocenters. The fourth-order valence-electron chi connectivity index (χ4n) is 3.87. The Morgan fingerprint density at radius 2 is 1.39 bits per heavy atom. The maximum atomic E-state index is 13.1. The molecule has 2 N–H and O–H groups in total. The van der Waals surface area contributed by atoms with Gasteiger partial charge < -0.3 is 14.8 Å². The fraction of sp³-hybridized carbons (Fsp3) is 0.0714. The van der Waals surface area contributed by atoms with Crippen LogP contribution in [-0.4, -0.2) is 31.6 Å². The van der Waals surface area contributed by atoms with Crippen LogP contribution in [0.2, 0.25) is 0 Å². The number of hydrogen-bond donors (Lipinski definition) is 2. The van der Waals surface area contributed by atoms with Crippen molar-refractivity contribution in [2.45, 2.75) is 0 Å². The Morgan fingerprint density at radius 3 is 1.86 bits per heavy atom. The molecule has 8 nitrogen and oxygen atoms in total. The molecule has 0 fully saturated rings. The molecular weight excluding hydrogens is 456 g/mol. The van der Waals surface area contributed by atoms with E-state index in [0.717, 1.165) is 0 Å². The predicted molar refractivity (Wildman–Crippen MR) is 137 cm³/mol. The minimum atomic E-state index is -0.583. The van der Waals surface area contributed by atoms with Crippen molar-refractivity contribution in [3.8, 4) is 17.6 Å². The Labute approximate surface area is 208 Å². The van der Waals surface area contributed by atoms with E-state index in [-0.39, 0.29) is 33.9 Å². The average Bonchev–Trinajstić information content (AvgIpc) is 3.15. The van der Waals surface area contributed by atoms with Crippen molar-refractivity contribution >= 4 is 28.8 Å². The lowest BCUT2D eigenvalue weighted by Crippen LogP contribution is -2.34. The van der Waals surface area contributed by atoms with Crippen LogP contribution in [0.5, 0.6) is 11.5 Å². The number of nitrogens with zero attached hydrogens (tertiary/aromatic N) is 2. The Bertz CT molecular complexity index is 1410. The van der Waals surface area contributed by atoms with Gasteiger partial charge in [-0.3, -0.25) is 19.9 Å². The molecule has 178 valence electrons. The van der Waals surface area contributed by atoms with E-state index in [9.17, 15) is 14.9 Å². The lowest BCUT2D eigenvalue weighted by molar-refractivity contribution is 0.0988. The third-order valence-corrected chi connectivity index (χ3v) is 5.67. The molecule has 0 aromatic heterocycles. The summed E-state index contributed by atoms with van der Waals surface area (Å²) in [5.41, 5.74) is 0.858. The second-order valence-corrected chi connectivity index (χ2v) is 7.75. The summed E-state index contributed by atoms with van der Waals surface area (Å²) in [4.78, 5) is 27.5. The number of nitrogens with one attached hydrogen (secondary N) is 2. The molecule has 3 aromatic carbocycles. The van der Waals surface area contributed by atoms with Gasteiger partial charge in [0.25, 0.3) is 0 Å². The molecule has 1 aliphatic rings. The van der Waals surface area contributed by atoms with E-state index in [0.29, 0.717) is 22.9 Å². The van der Waals surface area contributed by atoms with Crippen LogP contribution in [0.4, 0.5) is 11.4 Å². The van der Waals surface area contributed by atoms with Crippen molar-refractivity contribution in [2.24, 2.45) is 0 Å². The van der Waals surface area contributed by atoms with Gasteiger partial charge in [0.1, 0.15) is 34.8 Å². The Hall–Kier alpha value is -5.16. The molecule has 8 heteroatoms. The number of carbonyl (C=O) groups is 2. The molecule has 0 amide bonds. The van der Waals surface area contributed by atoms with Gasteiger partial charge in [-0.25, -0.2) is 0 Å². The normalized spacial score (nSPS) is 11.9. The van der Waals surface area contributed by atoms with Gasteiger partial charge in [0.15, 0.2) is 11.6 Å². The number of anilines is 2. The van der Waals surface area contributed by atoms with Crippen LogP contribution < -0.4 is 19.7 Å². The largest absolute Gasteiger partial charge is 0.497 e. The monoisotopic (exact) mass is 478 g/mol. The molecule has 0 bridgehead atoms. The molecule has 0 aliphatic heterocycles. The molecule has 0 saturated carbocycles. The first-order valence-corrected chi connectivity index (χ1v) is 10.9. The van der Waals surface area contributed by atoms with Crippen LogP contribution in [0.1, 0.15) is 20.7 Å². The van der Waals surface area contributed by atoms with Crippen LogP contribution in [-0.2, 0) is 0 Å². The van der Waals surface area contributed by atoms with Crippen LogP contribution in [0.25, 0.3) is 0 Å². The first kappa shape index (κ1) is 24.0. The number of carbonyl (C=O) groups excluding carboxylic acids is 2. The van der Waals surface area contributed by atoms with Gasteiger partial charge in [-0.15, -0.1) is 0 Å². The number of hydrogen-bond acceptors (Lipinski definition) is 7. The number of ether oxygens (including phenoxy) is 2. The highest BCUT2D eigenvalue weighted by Crippen LogP contribution is 2.31. The Balaban J connectivity index is 1.77. The van der Waals surface area contributed by atoms with Gasteiger partial charge in [0.2, 0.25) is 0 Å². The van der Waals surface area contributed by atoms with Gasteiger partial charge in [0, 0.05) is 22.5 Å². The summed E-state index contributed by atoms with van der Waals surface area (Å²) < 4.78 is 10.4. The molecule has 3 aromatic rings. The second kappa shape index (κ2) is 9.99. The Kier molecular flexibility index (Phi) is 6.66. The maximum Gasteiger partial charge on any atom is 0.199 e. The fourth-order valence-corrected chi connectivity index (χ4v) is 3.87. The van der Waals surface area contributed by atoms with Crippen molar-refractivity contribution in [1.82, 2.24) is 0 Å². The van der Waals surface area contributed by atoms with E-state index in [1.807, 2.05) is 6.07 Å². The maximum absolute atomic E-state index is 13.1. The van der Waals surface area contributed by atoms with Crippen molar-refractivity contribution in [2.75, 3.05) is 24.4 Å². The van der Waals surface area contributed by atoms with Gasteiger partial charge in [0.05, 0.1) is 19.8 Å². The molecular formula is C28H22N4O4. The molecule has 0 radical (unpaired) electrons. The smallest absolute Gasteiger partial charge is 0.199 e. The quantitative estimate of drug-likeness (QED) is 0.162. The standard InChI is InChI=1S/C28H22N4O4/c1-17(31-18-8-12-20(35-2)13-9-18)32(19-10-14-21(36-3)15-11-19)28(30)24(16-29)25-26(33)22-6-4-5-7-23(22)27(25)34/h4-15,30-31H,1H2,2-3H3. The van der Waals surface area contributed by atoms with Gasteiger partial charge in [-0.2, -0.15) is 5.26 Å². The zero-order chi connectivity index (χ0) is 25.8. The van der Waals surface area contributed by atoms with Crippen molar-refractivity contribution in [3.63, 3.8) is 0 Å². The molecule has 0 heterocycles. The first-order valence-electron chi connectivity index (χ1n) is 10.9. The van der Waals surface area contributed by atoms with E-state index < -0.39 is 11.6 Å². The lowest BCUT2D eigenvalue weighted by Gasteiger charge is -2.28. The Morgan fingerprint density at radius 1 is 0.889 bits per heavy atom. The van der Waals surface area contributed by atoms with Gasteiger partial charge in [-0.1, -0.05) is 30.8 Å². The highest BCUT2D eigenvalue weighted by atomic mass is 16.5. The minimum Gasteiger partial charge on any atom is -0.497 e. The summed E-state index contributed by atoms with van der Waals surface area (Å²) in [5, 5.41) is 22.1. The summed E-state index contributed by atoms with van der Waals surface area (Å²) >= 11 is 0. The number of ketones is 2. The average molecular weight is 479 g/mol.